The van der Waals surface area contributed by atoms with Crippen molar-refractivity contribution < 1.29 is 24.0 Å². The monoisotopic (exact) mass is 458 g/mol. The molecule has 1 saturated heterocycles. The number of Topliss-reactive ketones (excluding diaryl/α,β-unsaturated/α-hetero) is 1. The van der Waals surface area contributed by atoms with Crippen molar-refractivity contribution in [3.8, 4) is 5.75 Å². The third kappa shape index (κ3) is 3.26. The number of benzene rings is 3. The lowest BCUT2D eigenvalue weighted by Crippen LogP contribution is -2.48. The van der Waals surface area contributed by atoms with Gasteiger partial charge in [-0.1, -0.05) is 54.6 Å². The minimum Gasteiger partial charge on any atom is -0.492 e. The highest BCUT2D eigenvalue weighted by molar-refractivity contribution is 6.06. The molecule has 1 fully saturated rings. The van der Waals surface area contributed by atoms with Crippen molar-refractivity contribution in [2.75, 3.05) is 13.7 Å². The molecular formula is C26H22N2O6. The molecule has 172 valence electrons. The van der Waals surface area contributed by atoms with Crippen LogP contribution < -0.4 is 10.1 Å². The van der Waals surface area contributed by atoms with E-state index < -0.39 is 34.3 Å². The van der Waals surface area contributed by atoms with Gasteiger partial charge in [0.05, 0.1) is 23.0 Å². The smallest absolute Gasteiger partial charge is 0.323 e. The third-order valence-electron chi connectivity index (χ3n) is 6.82. The summed E-state index contributed by atoms with van der Waals surface area (Å²) in [4.78, 5) is 38.0. The Labute approximate surface area is 195 Å². The van der Waals surface area contributed by atoms with Gasteiger partial charge in [0.15, 0.2) is 5.78 Å². The number of nitrogens with one attached hydrogen (secondary N) is 1. The number of fused-ring (bicyclic) bond motifs is 1. The molecular weight excluding hydrogens is 436 g/mol. The fourth-order valence-electron chi connectivity index (χ4n) is 5.30. The molecule has 3 aromatic carbocycles. The van der Waals surface area contributed by atoms with Gasteiger partial charge in [-0.2, -0.15) is 0 Å². The lowest BCUT2D eigenvalue weighted by molar-refractivity contribution is -0.384. The van der Waals surface area contributed by atoms with Crippen LogP contribution >= 0.6 is 0 Å². The van der Waals surface area contributed by atoms with Crippen molar-refractivity contribution in [3.63, 3.8) is 0 Å². The number of methoxy groups -OCH3 is 1. The molecule has 0 saturated carbocycles. The largest absolute Gasteiger partial charge is 0.492 e. The number of nitro groups is 1. The first-order valence-electron chi connectivity index (χ1n) is 10.9. The number of carbonyl (C=O) groups excluding carboxylic acids is 2. The maximum Gasteiger partial charge on any atom is 0.323 e. The molecule has 0 aliphatic carbocycles. The van der Waals surface area contributed by atoms with Crippen molar-refractivity contribution in [1.82, 2.24) is 5.32 Å². The highest BCUT2D eigenvalue weighted by Gasteiger charge is 2.64. The number of para-hydroxylation sites is 1. The van der Waals surface area contributed by atoms with E-state index in [1.54, 1.807) is 36.4 Å². The van der Waals surface area contributed by atoms with E-state index >= 15 is 0 Å². The van der Waals surface area contributed by atoms with Crippen LogP contribution in [0.3, 0.4) is 0 Å². The van der Waals surface area contributed by atoms with Gasteiger partial charge in [0.25, 0.3) is 5.69 Å². The summed E-state index contributed by atoms with van der Waals surface area (Å²) in [6.45, 7) is 0.0323. The molecule has 5 rings (SSSR count). The van der Waals surface area contributed by atoms with Gasteiger partial charge in [0, 0.05) is 24.1 Å². The van der Waals surface area contributed by atoms with Gasteiger partial charge in [-0.05, 0) is 23.3 Å². The highest BCUT2D eigenvalue weighted by atomic mass is 16.6. The second-order valence-corrected chi connectivity index (χ2v) is 8.49. The van der Waals surface area contributed by atoms with E-state index in [-0.39, 0.29) is 18.1 Å². The number of nitro benzene ring substituents is 1. The van der Waals surface area contributed by atoms with Gasteiger partial charge in [0.2, 0.25) is 0 Å². The summed E-state index contributed by atoms with van der Waals surface area (Å²) >= 11 is 0. The van der Waals surface area contributed by atoms with E-state index in [1.807, 2.05) is 30.3 Å². The van der Waals surface area contributed by atoms with Gasteiger partial charge in [-0.25, -0.2) is 0 Å². The van der Waals surface area contributed by atoms with Crippen LogP contribution in [0.25, 0.3) is 0 Å². The molecule has 34 heavy (non-hydrogen) atoms. The quantitative estimate of drug-likeness (QED) is 0.360. The molecule has 8 heteroatoms. The molecule has 1 spiro atoms. The number of nitrogens with zero attached hydrogens (tertiary/aromatic N) is 1. The summed E-state index contributed by atoms with van der Waals surface area (Å²) in [5.74, 6) is -0.862. The van der Waals surface area contributed by atoms with E-state index in [0.29, 0.717) is 16.9 Å². The van der Waals surface area contributed by atoms with Crippen molar-refractivity contribution >= 4 is 17.4 Å². The number of esters is 1. The molecule has 0 amide bonds. The van der Waals surface area contributed by atoms with Crippen LogP contribution in [0.5, 0.6) is 5.75 Å². The Bertz CT molecular complexity index is 1260. The Balaban J connectivity index is 1.73. The average Bonchev–Trinajstić information content (AvgIpc) is 3.22. The zero-order chi connectivity index (χ0) is 23.9. The molecule has 0 radical (unpaired) electrons. The maximum atomic E-state index is 14.3. The number of ketones is 1. The van der Waals surface area contributed by atoms with E-state index in [0.717, 1.165) is 5.56 Å². The van der Waals surface area contributed by atoms with Crippen molar-refractivity contribution in [2.24, 2.45) is 5.41 Å². The fourth-order valence-corrected chi connectivity index (χ4v) is 5.30. The lowest BCUT2D eigenvalue weighted by Gasteiger charge is -2.41. The summed E-state index contributed by atoms with van der Waals surface area (Å²) in [6.07, 6.45) is 0. The van der Waals surface area contributed by atoms with Crippen LogP contribution in [0.1, 0.15) is 33.4 Å². The zero-order valence-electron chi connectivity index (χ0n) is 18.3. The molecule has 2 aliphatic heterocycles. The van der Waals surface area contributed by atoms with E-state index in [9.17, 15) is 19.7 Å². The second-order valence-electron chi connectivity index (χ2n) is 8.49. The topological polar surface area (TPSA) is 108 Å². The van der Waals surface area contributed by atoms with Gasteiger partial charge < -0.3 is 9.47 Å². The molecule has 0 aromatic heterocycles. The Hall–Kier alpha value is -4.04. The van der Waals surface area contributed by atoms with Gasteiger partial charge in [-0.3, -0.25) is 25.0 Å². The predicted octanol–water partition coefficient (Wildman–Crippen LogP) is 3.83. The zero-order valence-corrected chi connectivity index (χ0v) is 18.3. The molecule has 0 bridgehead atoms. The Morgan fingerprint density at radius 1 is 1.03 bits per heavy atom. The Kier molecular flexibility index (Phi) is 5.37. The van der Waals surface area contributed by atoms with Crippen LogP contribution in [0.4, 0.5) is 5.69 Å². The first-order chi connectivity index (χ1) is 16.5. The summed E-state index contributed by atoms with van der Waals surface area (Å²) in [6, 6.07) is 21.0. The summed E-state index contributed by atoms with van der Waals surface area (Å²) < 4.78 is 11.2. The highest BCUT2D eigenvalue weighted by Crippen LogP contribution is 2.57. The van der Waals surface area contributed by atoms with Crippen LogP contribution in [0.15, 0.2) is 78.9 Å². The van der Waals surface area contributed by atoms with Crippen LogP contribution in [0.2, 0.25) is 0 Å². The SMILES string of the molecule is COC(=O)[C@H]1N[C@@H](c2ccccc2)[C@]2(COc3ccccc3C2=O)[C@@H]1c1ccc([N+](=O)[O-])cc1. The number of ether oxygens (including phenoxy) is 2. The number of non-ortho nitro benzene ring substituents is 1. The third-order valence-corrected chi connectivity index (χ3v) is 6.82. The van der Waals surface area contributed by atoms with Gasteiger partial charge in [0.1, 0.15) is 18.4 Å². The summed E-state index contributed by atoms with van der Waals surface area (Å²) in [5.41, 5.74) is 0.619. The number of rotatable bonds is 4. The first-order valence-corrected chi connectivity index (χ1v) is 10.9. The second kappa shape index (κ2) is 8.39. The fraction of sp³-hybridized carbons (Fsp3) is 0.231. The van der Waals surface area contributed by atoms with Crippen molar-refractivity contribution in [2.45, 2.75) is 18.0 Å². The standard InChI is InChI=1S/C26H22N2O6/c1-33-25(30)22-21(16-11-13-18(14-12-16)28(31)32)26(23(27-22)17-7-3-2-4-8-17)15-34-20-10-6-5-9-19(20)24(26)29/h2-14,21-23,27H,15H2,1H3/t21-,22+,23+,26+/m1/s1. The summed E-state index contributed by atoms with van der Waals surface area (Å²) in [5, 5.41) is 14.6. The molecule has 1 N–H and O–H groups in total. The van der Waals surface area contributed by atoms with Crippen LogP contribution in [-0.4, -0.2) is 36.4 Å². The van der Waals surface area contributed by atoms with E-state index in [1.165, 1.54) is 19.2 Å². The molecule has 2 heterocycles. The number of hydrogen-bond acceptors (Lipinski definition) is 7. The minimum atomic E-state index is -1.19. The minimum absolute atomic E-state index is 0.0323. The Morgan fingerprint density at radius 2 is 1.71 bits per heavy atom. The van der Waals surface area contributed by atoms with Gasteiger partial charge >= 0.3 is 5.97 Å². The normalized spacial score (nSPS) is 25.4. The number of carbonyl (C=O) groups is 2. The van der Waals surface area contributed by atoms with E-state index in [4.69, 9.17) is 9.47 Å². The maximum absolute atomic E-state index is 14.3. The van der Waals surface area contributed by atoms with Crippen molar-refractivity contribution in [3.05, 3.63) is 106 Å². The average molecular weight is 458 g/mol. The first kappa shape index (κ1) is 21.8. The molecule has 2 aliphatic rings. The summed E-state index contributed by atoms with van der Waals surface area (Å²) in [7, 11) is 1.30. The van der Waals surface area contributed by atoms with Crippen LogP contribution in [-0.2, 0) is 9.53 Å². The van der Waals surface area contributed by atoms with Crippen molar-refractivity contribution in [1.29, 1.82) is 0 Å². The lowest BCUT2D eigenvalue weighted by atomic mass is 9.62. The molecule has 0 unspecified atom stereocenters. The van der Waals surface area contributed by atoms with Crippen LogP contribution in [0, 0.1) is 15.5 Å². The number of hydrogen-bond donors (Lipinski definition) is 1. The molecule has 3 aromatic rings. The molecule has 4 atom stereocenters. The Morgan fingerprint density at radius 3 is 2.38 bits per heavy atom. The van der Waals surface area contributed by atoms with Gasteiger partial charge in [-0.15, -0.1) is 0 Å². The van der Waals surface area contributed by atoms with E-state index in [2.05, 4.69) is 5.32 Å². The molecule has 8 nitrogen and oxygen atoms in total. The predicted molar refractivity (Wildman–Crippen MR) is 123 cm³/mol.